The molecule has 0 saturated carbocycles. The van der Waals surface area contributed by atoms with Crippen LogP contribution < -0.4 is 0 Å². The molecule has 1 nitrogen and oxygen atoms in total. The number of hydrogen-bond donors (Lipinski definition) is 1. The minimum absolute atomic E-state index is 0.116. The number of unbranched alkanes of at least 4 members (excludes halogenated alkanes) is 3. The summed E-state index contributed by atoms with van der Waals surface area (Å²) < 4.78 is 0. The van der Waals surface area contributed by atoms with Gasteiger partial charge >= 0.3 is 0 Å². The van der Waals surface area contributed by atoms with Crippen molar-refractivity contribution in [2.24, 2.45) is 0 Å². The SMILES string of the molecule is CCCCC\C=C/C=C\C=C\CO. The van der Waals surface area contributed by atoms with Gasteiger partial charge in [0.05, 0.1) is 6.61 Å². The van der Waals surface area contributed by atoms with Crippen molar-refractivity contribution >= 4 is 0 Å². The molecule has 0 aliphatic heterocycles. The van der Waals surface area contributed by atoms with Crippen LogP contribution in [0.3, 0.4) is 0 Å². The molecule has 0 aliphatic carbocycles. The van der Waals surface area contributed by atoms with E-state index in [-0.39, 0.29) is 6.61 Å². The summed E-state index contributed by atoms with van der Waals surface area (Å²) in [5.41, 5.74) is 0. The van der Waals surface area contributed by atoms with Crippen LogP contribution in [0.25, 0.3) is 0 Å². The Kier molecular flexibility index (Phi) is 10.5. The summed E-state index contributed by atoms with van der Waals surface area (Å²) >= 11 is 0. The molecule has 0 aromatic carbocycles. The maximum Gasteiger partial charge on any atom is 0.0615 e. The molecule has 1 heteroatoms. The van der Waals surface area contributed by atoms with Gasteiger partial charge in [0.15, 0.2) is 0 Å². The average molecular weight is 180 g/mol. The van der Waals surface area contributed by atoms with Gasteiger partial charge in [0.25, 0.3) is 0 Å². The zero-order chi connectivity index (χ0) is 9.78. The van der Waals surface area contributed by atoms with E-state index in [1.165, 1.54) is 25.7 Å². The van der Waals surface area contributed by atoms with Crippen molar-refractivity contribution in [3.05, 3.63) is 36.5 Å². The Bertz CT molecular complexity index is 166. The molecule has 0 unspecified atom stereocenters. The number of allylic oxidation sites excluding steroid dienone is 5. The summed E-state index contributed by atoms with van der Waals surface area (Å²) in [6.45, 7) is 2.33. The summed E-state index contributed by atoms with van der Waals surface area (Å²) in [6.07, 6.45) is 16.7. The van der Waals surface area contributed by atoms with Crippen molar-refractivity contribution in [1.82, 2.24) is 0 Å². The molecule has 0 atom stereocenters. The second-order valence-electron chi connectivity index (χ2n) is 2.92. The van der Waals surface area contributed by atoms with Gasteiger partial charge in [0.2, 0.25) is 0 Å². The fourth-order valence-electron chi connectivity index (χ4n) is 0.955. The highest BCUT2D eigenvalue weighted by atomic mass is 16.2. The number of rotatable bonds is 7. The van der Waals surface area contributed by atoms with Crippen LogP contribution in [0.4, 0.5) is 0 Å². The molecule has 0 heterocycles. The minimum atomic E-state index is 0.116. The summed E-state index contributed by atoms with van der Waals surface area (Å²) in [6, 6.07) is 0. The Hall–Kier alpha value is -0.820. The molecule has 0 saturated heterocycles. The van der Waals surface area contributed by atoms with Gasteiger partial charge < -0.3 is 5.11 Å². The molecule has 1 N–H and O–H groups in total. The molecular formula is C12H20O. The van der Waals surface area contributed by atoms with Crippen LogP contribution in [0.1, 0.15) is 32.6 Å². The number of aliphatic hydroxyl groups excluding tert-OH is 1. The Morgan fingerprint density at radius 2 is 1.62 bits per heavy atom. The Morgan fingerprint density at radius 3 is 2.23 bits per heavy atom. The standard InChI is InChI=1S/C12H20O/c1-2-3-4-5-6-7-8-9-10-11-12-13/h6-11,13H,2-5,12H2,1H3/b7-6-,9-8-,11-10+. The number of hydrogen-bond acceptors (Lipinski definition) is 1. The van der Waals surface area contributed by atoms with E-state index in [4.69, 9.17) is 5.11 Å². The van der Waals surface area contributed by atoms with Gasteiger partial charge in [-0.3, -0.25) is 0 Å². The quantitative estimate of drug-likeness (QED) is 0.471. The van der Waals surface area contributed by atoms with E-state index >= 15 is 0 Å². The van der Waals surface area contributed by atoms with E-state index in [0.29, 0.717) is 0 Å². The molecule has 13 heavy (non-hydrogen) atoms. The second-order valence-corrected chi connectivity index (χ2v) is 2.92. The third-order valence-corrected chi connectivity index (χ3v) is 1.69. The highest BCUT2D eigenvalue weighted by Gasteiger charge is 1.79. The molecule has 0 bridgehead atoms. The summed E-state index contributed by atoms with van der Waals surface area (Å²) in [7, 11) is 0. The summed E-state index contributed by atoms with van der Waals surface area (Å²) in [5.74, 6) is 0. The van der Waals surface area contributed by atoms with Gasteiger partial charge in [-0.15, -0.1) is 0 Å². The van der Waals surface area contributed by atoms with E-state index in [9.17, 15) is 0 Å². The van der Waals surface area contributed by atoms with Crippen molar-refractivity contribution < 1.29 is 5.11 Å². The van der Waals surface area contributed by atoms with Crippen molar-refractivity contribution in [2.75, 3.05) is 6.61 Å². The van der Waals surface area contributed by atoms with Crippen LogP contribution in [0, 0.1) is 0 Å². The van der Waals surface area contributed by atoms with Crippen LogP contribution in [0.2, 0.25) is 0 Å². The molecular weight excluding hydrogens is 160 g/mol. The van der Waals surface area contributed by atoms with Gasteiger partial charge in [-0.25, -0.2) is 0 Å². The second kappa shape index (κ2) is 11.2. The minimum Gasteiger partial charge on any atom is -0.392 e. The lowest BCUT2D eigenvalue weighted by Crippen LogP contribution is -1.69. The van der Waals surface area contributed by atoms with Gasteiger partial charge in [-0.2, -0.15) is 0 Å². The first-order chi connectivity index (χ1) is 6.41. The molecule has 0 aliphatic rings. The molecule has 0 radical (unpaired) electrons. The Morgan fingerprint density at radius 1 is 0.923 bits per heavy atom. The van der Waals surface area contributed by atoms with Gasteiger partial charge in [0, 0.05) is 0 Å². The van der Waals surface area contributed by atoms with E-state index in [1.807, 2.05) is 18.2 Å². The predicted molar refractivity (Wildman–Crippen MR) is 58.6 cm³/mol. The first kappa shape index (κ1) is 12.2. The fraction of sp³-hybridized carbons (Fsp3) is 0.500. The zero-order valence-electron chi connectivity index (χ0n) is 8.45. The van der Waals surface area contributed by atoms with Crippen molar-refractivity contribution in [3.8, 4) is 0 Å². The van der Waals surface area contributed by atoms with Crippen LogP contribution in [0.5, 0.6) is 0 Å². The van der Waals surface area contributed by atoms with E-state index in [2.05, 4.69) is 19.1 Å². The van der Waals surface area contributed by atoms with E-state index in [1.54, 1.807) is 6.08 Å². The van der Waals surface area contributed by atoms with Crippen molar-refractivity contribution in [1.29, 1.82) is 0 Å². The summed E-state index contributed by atoms with van der Waals surface area (Å²) in [5, 5.41) is 8.43. The molecule has 0 spiro atoms. The van der Waals surface area contributed by atoms with E-state index < -0.39 is 0 Å². The highest BCUT2D eigenvalue weighted by molar-refractivity contribution is 5.10. The first-order valence-electron chi connectivity index (χ1n) is 5.01. The van der Waals surface area contributed by atoms with Crippen LogP contribution >= 0.6 is 0 Å². The van der Waals surface area contributed by atoms with Crippen LogP contribution in [-0.4, -0.2) is 11.7 Å². The fourth-order valence-corrected chi connectivity index (χ4v) is 0.955. The smallest absolute Gasteiger partial charge is 0.0615 e. The lowest BCUT2D eigenvalue weighted by molar-refractivity contribution is 0.343. The van der Waals surface area contributed by atoms with Crippen LogP contribution in [0.15, 0.2) is 36.5 Å². The normalized spacial score (nSPS) is 12.5. The van der Waals surface area contributed by atoms with Crippen molar-refractivity contribution in [2.45, 2.75) is 32.6 Å². The predicted octanol–water partition coefficient (Wildman–Crippen LogP) is 3.23. The Labute approximate surface area is 81.5 Å². The molecule has 0 aromatic rings. The Balaban J connectivity index is 3.29. The monoisotopic (exact) mass is 180 g/mol. The van der Waals surface area contributed by atoms with Gasteiger partial charge in [0.1, 0.15) is 0 Å². The molecule has 74 valence electrons. The van der Waals surface area contributed by atoms with Gasteiger partial charge in [-0.1, -0.05) is 56.2 Å². The largest absolute Gasteiger partial charge is 0.392 e. The third-order valence-electron chi connectivity index (χ3n) is 1.69. The highest BCUT2D eigenvalue weighted by Crippen LogP contribution is 1.99. The molecule has 0 aromatic heterocycles. The summed E-state index contributed by atoms with van der Waals surface area (Å²) in [4.78, 5) is 0. The zero-order valence-corrected chi connectivity index (χ0v) is 8.45. The van der Waals surface area contributed by atoms with E-state index in [0.717, 1.165) is 0 Å². The topological polar surface area (TPSA) is 20.2 Å². The van der Waals surface area contributed by atoms with Crippen molar-refractivity contribution in [3.63, 3.8) is 0 Å². The maximum atomic E-state index is 8.43. The molecule has 0 fully saturated rings. The lowest BCUT2D eigenvalue weighted by atomic mass is 10.2. The average Bonchev–Trinajstić information content (AvgIpc) is 2.16. The van der Waals surface area contributed by atoms with Gasteiger partial charge in [-0.05, 0) is 12.8 Å². The number of aliphatic hydroxyl groups is 1. The molecule has 0 rings (SSSR count). The molecule has 0 amide bonds. The third kappa shape index (κ3) is 11.2. The lowest BCUT2D eigenvalue weighted by Gasteiger charge is -1.89. The first-order valence-corrected chi connectivity index (χ1v) is 5.01. The van der Waals surface area contributed by atoms with Crippen LogP contribution in [-0.2, 0) is 0 Å². The maximum absolute atomic E-state index is 8.43.